The highest BCUT2D eigenvalue weighted by Crippen LogP contribution is 2.06. The molecular formula is C12H25N. The standard InChI is InChI=1S/C12H25N/c1-6-9-13(12(4)5)10-7-8-11(2)3/h12H,2,6-10H2,1,3-5H3. The summed E-state index contributed by atoms with van der Waals surface area (Å²) in [6.45, 7) is 15.3. The van der Waals surface area contributed by atoms with Crippen LogP contribution in [0.4, 0.5) is 0 Å². The van der Waals surface area contributed by atoms with Crippen molar-refractivity contribution >= 4 is 0 Å². The van der Waals surface area contributed by atoms with E-state index >= 15 is 0 Å². The monoisotopic (exact) mass is 183 g/mol. The first-order valence-corrected chi connectivity index (χ1v) is 5.46. The molecule has 0 spiro atoms. The fraction of sp³-hybridized carbons (Fsp3) is 0.833. The van der Waals surface area contributed by atoms with Gasteiger partial charge in [0.05, 0.1) is 0 Å². The van der Waals surface area contributed by atoms with Gasteiger partial charge < -0.3 is 4.90 Å². The van der Waals surface area contributed by atoms with Crippen molar-refractivity contribution in [3.63, 3.8) is 0 Å². The first kappa shape index (κ1) is 12.7. The molecule has 0 aromatic heterocycles. The van der Waals surface area contributed by atoms with Crippen LogP contribution in [0.5, 0.6) is 0 Å². The molecule has 0 atom stereocenters. The molecular weight excluding hydrogens is 158 g/mol. The second kappa shape index (κ2) is 7.14. The van der Waals surface area contributed by atoms with E-state index in [1.165, 1.54) is 37.9 Å². The first-order valence-electron chi connectivity index (χ1n) is 5.46. The molecule has 0 aliphatic heterocycles. The zero-order valence-corrected chi connectivity index (χ0v) is 9.77. The number of nitrogens with zero attached hydrogens (tertiary/aromatic N) is 1. The van der Waals surface area contributed by atoms with Crippen LogP contribution >= 0.6 is 0 Å². The molecule has 0 heterocycles. The fourth-order valence-corrected chi connectivity index (χ4v) is 1.50. The minimum Gasteiger partial charge on any atom is -0.301 e. The lowest BCUT2D eigenvalue weighted by Crippen LogP contribution is -2.32. The SMILES string of the molecule is C=C(C)CCCN(CCC)C(C)C. The number of hydrogen-bond donors (Lipinski definition) is 0. The van der Waals surface area contributed by atoms with Crippen molar-refractivity contribution in [1.29, 1.82) is 0 Å². The molecule has 78 valence electrons. The highest BCUT2D eigenvalue weighted by atomic mass is 15.1. The van der Waals surface area contributed by atoms with Crippen molar-refractivity contribution in [2.24, 2.45) is 0 Å². The molecule has 13 heavy (non-hydrogen) atoms. The quantitative estimate of drug-likeness (QED) is 0.546. The number of allylic oxidation sites excluding steroid dienone is 1. The maximum atomic E-state index is 3.92. The number of rotatable bonds is 7. The van der Waals surface area contributed by atoms with E-state index in [4.69, 9.17) is 0 Å². The maximum absolute atomic E-state index is 3.92. The van der Waals surface area contributed by atoms with Gasteiger partial charge in [-0.3, -0.25) is 0 Å². The summed E-state index contributed by atoms with van der Waals surface area (Å²) in [4.78, 5) is 2.54. The van der Waals surface area contributed by atoms with Crippen LogP contribution in [0.1, 0.15) is 47.0 Å². The summed E-state index contributed by atoms with van der Waals surface area (Å²) in [5, 5.41) is 0. The van der Waals surface area contributed by atoms with Gasteiger partial charge in [0.1, 0.15) is 0 Å². The summed E-state index contributed by atoms with van der Waals surface area (Å²) >= 11 is 0. The Morgan fingerprint density at radius 2 is 1.92 bits per heavy atom. The van der Waals surface area contributed by atoms with Gasteiger partial charge in [-0.1, -0.05) is 12.5 Å². The van der Waals surface area contributed by atoms with Crippen molar-refractivity contribution in [2.75, 3.05) is 13.1 Å². The molecule has 0 aliphatic carbocycles. The van der Waals surface area contributed by atoms with Gasteiger partial charge in [0, 0.05) is 6.04 Å². The Kier molecular flexibility index (Phi) is 6.97. The van der Waals surface area contributed by atoms with Gasteiger partial charge in [0.2, 0.25) is 0 Å². The lowest BCUT2D eigenvalue weighted by atomic mass is 10.1. The second-order valence-corrected chi connectivity index (χ2v) is 4.19. The number of hydrogen-bond acceptors (Lipinski definition) is 1. The van der Waals surface area contributed by atoms with E-state index < -0.39 is 0 Å². The van der Waals surface area contributed by atoms with Crippen molar-refractivity contribution in [3.8, 4) is 0 Å². The van der Waals surface area contributed by atoms with Gasteiger partial charge in [-0.25, -0.2) is 0 Å². The first-order chi connectivity index (χ1) is 6.07. The Labute approximate surface area is 83.8 Å². The normalized spacial score (nSPS) is 11.2. The predicted octanol–water partition coefficient (Wildman–Crippen LogP) is 3.46. The van der Waals surface area contributed by atoms with Crippen LogP contribution in [-0.2, 0) is 0 Å². The molecule has 0 rings (SSSR count). The molecule has 0 unspecified atom stereocenters. The van der Waals surface area contributed by atoms with Crippen LogP contribution < -0.4 is 0 Å². The molecule has 1 nitrogen and oxygen atoms in total. The van der Waals surface area contributed by atoms with Crippen LogP contribution in [0.2, 0.25) is 0 Å². The van der Waals surface area contributed by atoms with Gasteiger partial charge in [0.25, 0.3) is 0 Å². The summed E-state index contributed by atoms with van der Waals surface area (Å²) in [7, 11) is 0. The van der Waals surface area contributed by atoms with Gasteiger partial charge in [-0.05, 0) is 53.1 Å². The van der Waals surface area contributed by atoms with Crippen molar-refractivity contribution in [2.45, 2.75) is 53.0 Å². The lowest BCUT2D eigenvalue weighted by Gasteiger charge is -2.25. The predicted molar refractivity (Wildman–Crippen MR) is 61.0 cm³/mol. The Morgan fingerprint density at radius 3 is 2.31 bits per heavy atom. The highest BCUT2D eigenvalue weighted by molar-refractivity contribution is 4.87. The molecule has 0 amide bonds. The van der Waals surface area contributed by atoms with Crippen LogP contribution in [0, 0.1) is 0 Å². The van der Waals surface area contributed by atoms with E-state index in [0.717, 1.165) is 0 Å². The molecule has 1 heteroatoms. The molecule has 0 fully saturated rings. The summed E-state index contributed by atoms with van der Waals surface area (Å²) in [5.41, 5.74) is 1.31. The zero-order chi connectivity index (χ0) is 10.3. The van der Waals surface area contributed by atoms with Crippen molar-refractivity contribution < 1.29 is 0 Å². The smallest absolute Gasteiger partial charge is 0.00385 e. The van der Waals surface area contributed by atoms with Gasteiger partial charge in [-0.2, -0.15) is 0 Å². The van der Waals surface area contributed by atoms with E-state index in [-0.39, 0.29) is 0 Å². The van der Waals surface area contributed by atoms with E-state index in [0.29, 0.717) is 6.04 Å². The molecule has 0 aromatic carbocycles. The maximum Gasteiger partial charge on any atom is 0.00385 e. The Hall–Kier alpha value is -0.300. The Balaban J connectivity index is 3.62. The molecule has 0 bridgehead atoms. The van der Waals surface area contributed by atoms with E-state index in [9.17, 15) is 0 Å². The van der Waals surface area contributed by atoms with Crippen LogP contribution in [0.15, 0.2) is 12.2 Å². The largest absolute Gasteiger partial charge is 0.301 e. The molecule has 0 saturated heterocycles. The van der Waals surface area contributed by atoms with Crippen LogP contribution in [0.3, 0.4) is 0 Å². The van der Waals surface area contributed by atoms with Gasteiger partial charge in [0.15, 0.2) is 0 Å². The Morgan fingerprint density at radius 1 is 1.31 bits per heavy atom. The van der Waals surface area contributed by atoms with E-state index in [1.807, 2.05) is 0 Å². The molecule has 0 radical (unpaired) electrons. The molecule has 0 saturated carbocycles. The summed E-state index contributed by atoms with van der Waals surface area (Å²) in [5.74, 6) is 0. The van der Waals surface area contributed by atoms with Crippen LogP contribution in [0.25, 0.3) is 0 Å². The van der Waals surface area contributed by atoms with E-state index in [2.05, 4.69) is 39.2 Å². The Bertz CT molecular complexity index is 138. The van der Waals surface area contributed by atoms with Gasteiger partial charge >= 0.3 is 0 Å². The zero-order valence-electron chi connectivity index (χ0n) is 9.77. The fourth-order valence-electron chi connectivity index (χ4n) is 1.50. The third-order valence-corrected chi connectivity index (χ3v) is 2.29. The molecule has 0 N–H and O–H groups in total. The van der Waals surface area contributed by atoms with Crippen LogP contribution in [-0.4, -0.2) is 24.0 Å². The minimum absolute atomic E-state index is 0.685. The summed E-state index contributed by atoms with van der Waals surface area (Å²) in [6.07, 6.45) is 3.69. The third kappa shape index (κ3) is 6.83. The third-order valence-electron chi connectivity index (χ3n) is 2.29. The molecule has 0 aliphatic rings. The summed E-state index contributed by atoms with van der Waals surface area (Å²) in [6, 6.07) is 0.685. The summed E-state index contributed by atoms with van der Waals surface area (Å²) < 4.78 is 0. The minimum atomic E-state index is 0.685. The average Bonchev–Trinajstić information content (AvgIpc) is 2.02. The van der Waals surface area contributed by atoms with Crippen molar-refractivity contribution in [1.82, 2.24) is 4.90 Å². The average molecular weight is 183 g/mol. The van der Waals surface area contributed by atoms with Gasteiger partial charge in [-0.15, -0.1) is 6.58 Å². The highest BCUT2D eigenvalue weighted by Gasteiger charge is 2.06. The second-order valence-electron chi connectivity index (χ2n) is 4.19. The van der Waals surface area contributed by atoms with Crippen molar-refractivity contribution in [3.05, 3.63) is 12.2 Å². The van der Waals surface area contributed by atoms with E-state index in [1.54, 1.807) is 0 Å². The lowest BCUT2D eigenvalue weighted by molar-refractivity contribution is 0.219. The molecule has 0 aromatic rings. The topological polar surface area (TPSA) is 3.24 Å².